The standard InChI is InChI=1S/C8H17NO2/c1-7(11)5-9(4)8(2,3)6-10/h10H,5-6H2,1-4H3. The molecular weight excluding hydrogens is 142 g/mol. The molecule has 0 saturated carbocycles. The lowest BCUT2D eigenvalue weighted by Gasteiger charge is -2.32. The fourth-order valence-electron chi connectivity index (χ4n) is 0.669. The number of rotatable bonds is 4. The molecule has 0 bridgehead atoms. The minimum Gasteiger partial charge on any atom is -0.394 e. The SMILES string of the molecule is CC(=O)CN(C)C(C)(C)CO. The Morgan fingerprint density at radius 2 is 2.00 bits per heavy atom. The molecule has 66 valence electrons. The van der Waals surface area contributed by atoms with Gasteiger partial charge in [0, 0.05) is 5.54 Å². The highest BCUT2D eigenvalue weighted by atomic mass is 16.3. The van der Waals surface area contributed by atoms with Crippen LogP contribution < -0.4 is 0 Å². The quantitative estimate of drug-likeness (QED) is 0.640. The van der Waals surface area contributed by atoms with Crippen molar-refractivity contribution in [3.8, 4) is 0 Å². The van der Waals surface area contributed by atoms with Crippen LogP contribution in [0, 0.1) is 0 Å². The first kappa shape index (κ1) is 10.6. The summed E-state index contributed by atoms with van der Waals surface area (Å²) < 4.78 is 0. The molecule has 0 aliphatic carbocycles. The minimum absolute atomic E-state index is 0.0662. The fourth-order valence-corrected chi connectivity index (χ4v) is 0.669. The van der Waals surface area contributed by atoms with Crippen molar-refractivity contribution in [2.24, 2.45) is 0 Å². The van der Waals surface area contributed by atoms with Gasteiger partial charge in [0.2, 0.25) is 0 Å². The van der Waals surface area contributed by atoms with Gasteiger partial charge in [0.05, 0.1) is 13.2 Å². The number of likely N-dealkylation sites (N-methyl/N-ethyl adjacent to an activating group) is 1. The summed E-state index contributed by atoms with van der Waals surface area (Å²) in [6, 6.07) is 0. The minimum atomic E-state index is -0.300. The smallest absolute Gasteiger partial charge is 0.143 e. The van der Waals surface area contributed by atoms with Gasteiger partial charge in [-0.3, -0.25) is 9.69 Å². The summed E-state index contributed by atoms with van der Waals surface area (Å²) >= 11 is 0. The Labute approximate surface area is 68.0 Å². The number of ketones is 1. The van der Waals surface area contributed by atoms with Gasteiger partial charge in [0.25, 0.3) is 0 Å². The van der Waals surface area contributed by atoms with Crippen LogP contribution in [0.4, 0.5) is 0 Å². The van der Waals surface area contributed by atoms with Crippen molar-refractivity contribution in [3.63, 3.8) is 0 Å². The summed E-state index contributed by atoms with van der Waals surface area (Å²) in [5, 5.41) is 8.92. The van der Waals surface area contributed by atoms with E-state index in [1.165, 1.54) is 0 Å². The number of hydrogen-bond donors (Lipinski definition) is 1. The lowest BCUT2D eigenvalue weighted by molar-refractivity contribution is -0.119. The molecular formula is C8H17NO2. The molecule has 3 heteroatoms. The van der Waals surface area contributed by atoms with Crippen molar-refractivity contribution in [3.05, 3.63) is 0 Å². The van der Waals surface area contributed by atoms with E-state index in [9.17, 15) is 4.79 Å². The molecule has 0 aliphatic rings. The highest BCUT2D eigenvalue weighted by Gasteiger charge is 2.22. The summed E-state index contributed by atoms with van der Waals surface area (Å²) in [5.74, 6) is 0.119. The van der Waals surface area contributed by atoms with Gasteiger partial charge in [-0.25, -0.2) is 0 Å². The zero-order valence-corrected chi connectivity index (χ0v) is 7.72. The molecule has 0 saturated heterocycles. The molecule has 0 radical (unpaired) electrons. The van der Waals surface area contributed by atoms with Crippen molar-refractivity contribution < 1.29 is 9.90 Å². The third-order valence-electron chi connectivity index (χ3n) is 1.88. The van der Waals surface area contributed by atoms with E-state index in [0.29, 0.717) is 6.54 Å². The van der Waals surface area contributed by atoms with E-state index in [4.69, 9.17) is 5.11 Å². The molecule has 0 unspecified atom stereocenters. The molecule has 0 aromatic carbocycles. The second-order valence-corrected chi connectivity index (χ2v) is 3.53. The van der Waals surface area contributed by atoms with E-state index < -0.39 is 0 Å². The van der Waals surface area contributed by atoms with Gasteiger partial charge in [0.1, 0.15) is 5.78 Å². The lowest BCUT2D eigenvalue weighted by atomic mass is 10.1. The van der Waals surface area contributed by atoms with Crippen molar-refractivity contribution in [2.45, 2.75) is 26.3 Å². The van der Waals surface area contributed by atoms with Gasteiger partial charge in [-0.2, -0.15) is 0 Å². The average Bonchev–Trinajstić information content (AvgIpc) is 1.86. The maximum atomic E-state index is 10.7. The largest absolute Gasteiger partial charge is 0.394 e. The Balaban J connectivity index is 4.01. The number of Topliss-reactive ketones (excluding diaryl/α,β-unsaturated/α-hetero) is 1. The normalized spacial score (nSPS) is 12.2. The molecule has 0 rings (SSSR count). The van der Waals surface area contributed by atoms with Crippen LogP contribution >= 0.6 is 0 Å². The molecule has 0 heterocycles. The number of nitrogens with zero attached hydrogens (tertiary/aromatic N) is 1. The summed E-state index contributed by atoms with van der Waals surface area (Å²) in [7, 11) is 1.83. The molecule has 3 nitrogen and oxygen atoms in total. The molecule has 0 spiro atoms. The van der Waals surface area contributed by atoms with Crippen LogP contribution in [0.5, 0.6) is 0 Å². The zero-order chi connectivity index (χ0) is 9.07. The van der Waals surface area contributed by atoms with E-state index in [0.717, 1.165) is 0 Å². The van der Waals surface area contributed by atoms with Crippen LogP contribution in [0.2, 0.25) is 0 Å². The first-order valence-electron chi connectivity index (χ1n) is 3.71. The highest BCUT2D eigenvalue weighted by Crippen LogP contribution is 2.09. The fraction of sp³-hybridized carbons (Fsp3) is 0.875. The molecule has 1 N–H and O–H groups in total. The Bertz CT molecular complexity index is 143. The van der Waals surface area contributed by atoms with Gasteiger partial charge in [-0.05, 0) is 27.8 Å². The number of carbonyl (C=O) groups is 1. The Morgan fingerprint density at radius 1 is 1.55 bits per heavy atom. The van der Waals surface area contributed by atoms with Crippen LogP contribution in [-0.4, -0.2) is 41.5 Å². The predicted octanol–water partition coefficient (Wildman–Crippen LogP) is 0.278. The first-order chi connectivity index (χ1) is 4.90. The van der Waals surface area contributed by atoms with Crippen LogP contribution in [0.1, 0.15) is 20.8 Å². The Morgan fingerprint density at radius 3 is 2.27 bits per heavy atom. The third kappa shape index (κ3) is 3.49. The number of hydrogen-bond acceptors (Lipinski definition) is 3. The number of aliphatic hydroxyl groups is 1. The van der Waals surface area contributed by atoms with Gasteiger partial charge in [-0.1, -0.05) is 0 Å². The molecule has 0 aliphatic heterocycles. The maximum Gasteiger partial charge on any atom is 0.143 e. The highest BCUT2D eigenvalue weighted by molar-refractivity contribution is 5.77. The number of carbonyl (C=O) groups excluding carboxylic acids is 1. The van der Waals surface area contributed by atoms with Crippen molar-refractivity contribution in [1.29, 1.82) is 0 Å². The topological polar surface area (TPSA) is 40.5 Å². The van der Waals surface area contributed by atoms with E-state index in [1.54, 1.807) is 6.92 Å². The van der Waals surface area contributed by atoms with Crippen LogP contribution in [0.3, 0.4) is 0 Å². The molecule has 0 amide bonds. The van der Waals surface area contributed by atoms with Gasteiger partial charge in [-0.15, -0.1) is 0 Å². The number of aliphatic hydroxyl groups excluding tert-OH is 1. The van der Waals surface area contributed by atoms with Crippen LogP contribution in [-0.2, 0) is 4.79 Å². The summed E-state index contributed by atoms with van der Waals surface area (Å²) in [5.41, 5.74) is -0.300. The molecule has 0 fully saturated rings. The third-order valence-corrected chi connectivity index (χ3v) is 1.88. The van der Waals surface area contributed by atoms with E-state index in [-0.39, 0.29) is 17.9 Å². The van der Waals surface area contributed by atoms with Gasteiger partial charge >= 0.3 is 0 Å². The average molecular weight is 159 g/mol. The second-order valence-electron chi connectivity index (χ2n) is 3.53. The van der Waals surface area contributed by atoms with Crippen LogP contribution in [0.25, 0.3) is 0 Å². The summed E-state index contributed by atoms with van der Waals surface area (Å²) in [6.45, 7) is 5.81. The van der Waals surface area contributed by atoms with Gasteiger partial charge in [0.15, 0.2) is 0 Å². The molecule has 11 heavy (non-hydrogen) atoms. The summed E-state index contributed by atoms with van der Waals surface area (Å²) in [6.07, 6.45) is 0. The van der Waals surface area contributed by atoms with Crippen molar-refractivity contribution in [1.82, 2.24) is 4.90 Å². The second kappa shape index (κ2) is 3.83. The molecule has 0 aromatic heterocycles. The molecule has 0 aromatic rings. The Kier molecular flexibility index (Phi) is 3.69. The lowest BCUT2D eigenvalue weighted by Crippen LogP contribution is -2.46. The predicted molar refractivity (Wildman–Crippen MR) is 44.5 cm³/mol. The Hall–Kier alpha value is -0.410. The first-order valence-corrected chi connectivity index (χ1v) is 3.71. The summed E-state index contributed by atoms with van der Waals surface area (Å²) in [4.78, 5) is 12.5. The van der Waals surface area contributed by atoms with Gasteiger partial charge < -0.3 is 5.11 Å². The van der Waals surface area contributed by atoms with Crippen LogP contribution in [0.15, 0.2) is 0 Å². The molecule has 0 atom stereocenters. The monoisotopic (exact) mass is 159 g/mol. The van der Waals surface area contributed by atoms with E-state index in [1.807, 2.05) is 25.8 Å². The van der Waals surface area contributed by atoms with Crippen molar-refractivity contribution in [2.75, 3.05) is 20.2 Å². The van der Waals surface area contributed by atoms with Crippen molar-refractivity contribution >= 4 is 5.78 Å². The zero-order valence-electron chi connectivity index (χ0n) is 7.72. The van der Waals surface area contributed by atoms with E-state index >= 15 is 0 Å². The van der Waals surface area contributed by atoms with E-state index in [2.05, 4.69) is 0 Å². The maximum absolute atomic E-state index is 10.7.